The van der Waals surface area contributed by atoms with Crippen LogP contribution in [0.2, 0.25) is 0 Å². The van der Waals surface area contributed by atoms with E-state index in [9.17, 15) is 19.8 Å². The molecule has 0 aliphatic heterocycles. The quantitative estimate of drug-likeness (QED) is 0.772. The van der Waals surface area contributed by atoms with E-state index in [0.29, 0.717) is 12.8 Å². The fourth-order valence-electron chi connectivity index (χ4n) is 2.77. The van der Waals surface area contributed by atoms with Gasteiger partial charge in [-0.1, -0.05) is 43.2 Å². The van der Waals surface area contributed by atoms with Crippen LogP contribution in [0.25, 0.3) is 0 Å². The third-order valence-electron chi connectivity index (χ3n) is 3.96. The largest absolute Gasteiger partial charge is 0.480 e. The minimum atomic E-state index is -1.15. The maximum absolute atomic E-state index is 11.8. The molecule has 22 heavy (non-hydrogen) atoms. The van der Waals surface area contributed by atoms with Gasteiger partial charge in [0.15, 0.2) is 0 Å². The van der Waals surface area contributed by atoms with E-state index in [1.54, 1.807) is 0 Å². The number of carbonyl (C=O) groups excluding carboxylic acids is 1. The summed E-state index contributed by atoms with van der Waals surface area (Å²) in [6.07, 6.45) is 1.39. The molecule has 0 radical (unpaired) electrons. The standard InChI is InChI=1S/C16H21NO5/c18-13-9-5-4-8-12(13)14(15(19)20)17-16(21)22-10-11-6-2-1-3-7-11/h1-3,6-7,12-14,18H,4-5,8-10H2,(H,17,21)(H,19,20). The van der Waals surface area contributed by atoms with Crippen LogP contribution in [0.5, 0.6) is 0 Å². The molecule has 0 bridgehead atoms. The van der Waals surface area contributed by atoms with Crippen molar-refractivity contribution in [2.75, 3.05) is 0 Å². The van der Waals surface area contributed by atoms with Crippen molar-refractivity contribution in [1.82, 2.24) is 5.32 Å². The van der Waals surface area contributed by atoms with Gasteiger partial charge in [0, 0.05) is 5.92 Å². The summed E-state index contributed by atoms with van der Waals surface area (Å²) in [6, 6.07) is 8.01. The lowest BCUT2D eigenvalue weighted by Crippen LogP contribution is -2.50. The molecular weight excluding hydrogens is 286 g/mol. The molecule has 1 aromatic rings. The summed E-state index contributed by atoms with van der Waals surface area (Å²) in [4.78, 5) is 23.2. The fraction of sp³-hybridized carbons (Fsp3) is 0.500. The van der Waals surface area contributed by atoms with Crippen molar-refractivity contribution < 1.29 is 24.5 Å². The first-order valence-corrected chi connectivity index (χ1v) is 7.46. The molecule has 0 saturated heterocycles. The van der Waals surface area contributed by atoms with Crippen molar-refractivity contribution in [2.24, 2.45) is 5.92 Å². The van der Waals surface area contributed by atoms with Crippen LogP contribution in [0, 0.1) is 5.92 Å². The van der Waals surface area contributed by atoms with Gasteiger partial charge in [0.25, 0.3) is 0 Å². The van der Waals surface area contributed by atoms with Gasteiger partial charge in [0.1, 0.15) is 12.6 Å². The third kappa shape index (κ3) is 4.46. The van der Waals surface area contributed by atoms with Crippen LogP contribution >= 0.6 is 0 Å². The molecule has 6 nitrogen and oxygen atoms in total. The number of carboxylic acids is 1. The zero-order chi connectivity index (χ0) is 15.9. The van der Waals surface area contributed by atoms with Gasteiger partial charge in [0.05, 0.1) is 6.10 Å². The number of hydrogen-bond donors (Lipinski definition) is 3. The molecule has 6 heteroatoms. The lowest BCUT2D eigenvalue weighted by molar-refractivity contribution is -0.142. The molecule has 3 N–H and O–H groups in total. The van der Waals surface area contributed by atoms with Gasteiger partial charge in [-0.3, -0.25) is 0 Å². The SMILES string of the molecule is O=C(NC(C(=O)O)C1CCCCC1O)OCc1ccccc1. The van der Waals surface area contributed by atoms with E-state index >= 15 is 0 Å². The van der Waals surface area contributed by atoms with Crippen LogP contribution in [0.1, 0.15) is 31.2 Å². The number of amides is 1. The molecule has 1 amide bonds. The summed E-state index contributed by atoms with van der Waals surface area (Å²) in [5.41, 5.74) is 0.822. The van der Waals surface area contributed by atoms with Gasteiger partial charge in [0.2, 0.25) is 0 Å². The number of ether oxygens (including phenoxy) is 1. The van der Waals surface area contributed by atoms with Crippen molar-refractivity contribution in [3.63, 3.8) is 0 Å². The van der Waals surface area contributed by atoms with E-state index in [1.807, 2.05) is 30.3 Å². The molecule has 3 atom stereocenters. The highest BCUT2D eigenvalue weighted by atomic mass is 16.5. The van der Waals surface area contributed by atoms with Crippen molar-refractivity contribution >= 4 is 12.1 Å². The lowest BCUT2D eigenvalue weighted by atomic mass is 9.81. The Hall–Kier alpha value is -2.08. The minimum absolute atomic E-state index is 0.0756. The molecule has 1 aliphatic carbocycles. The number of alkyl carbamates (subject to hydrolysis) is 1. The fourth-order valence-corrected chi connectivity index (χ4v) is 2.77. The topological polar surface area (TPSA) is 95.9 Å². The molecule has 0 spiro atoms. The highest BCUT2D eigenvalue weighted by Crippen LogP contribution is 2.27. The smallest absolute Gasteiger partial charge is 0.408 e. The van der Waals surface area contributed by atoms with E-state index in [1.165, 1.54) is 0 Å². The predicted molar refractivity (Wildman–Crippen MR) is 79.2 cm³/mol. The molecule has 120 valence electrons. The van der Waals surface area contributed by atoms with E-state index < -0.39 is 30.1 Å². The van der Waals surface area contributed by atoms with E-state index in [2.05, 4.69) is 5.32 Å². The molecule has 2 rings (SSSR count). The Bertz CT molecular complexity index is 505. The maximum atomic E-state index is 11.8. The Morgan fingerprint density at radius 1 is 1.23 bits per heavy atom. The number of nitrogens with one attached hydrogen (secondary N) is 1. The molecule has 0 aromatic heterocycles. The number of rotatable bonds is 5. The number of benzene rings is 1. The molecule has 1 aromatic carbocycles. The number of aliphatic hydroxyl groups excluding tert-OH is 1. The summed E-state index contributed by atoms with van der Waals surface area (Å²) < 4.78 is 5.04. The second-order valence-electron chi connectivity index (χ2n) is 5.54. The van der Waals surface area contributed by atoms with Crippen LogP contribution < -0.4 is 5.32 Å². The molecule has 1 saturated carbocycles. The Morgan fingerprint density at radius 2 is 1.91 bits per heavy atom. The highest BCUT2D eigenvalue weighted by Gasteiger charge is 2.36. The van der Waals surface area contributed by atoms with Gasteiger partial charge < -0.3 is 20.3 Å². The second-order valence-corrected chi connectivity index (χ2v) is 5.54. The molecule has 1 aliphatic rings. The van der Waals surface area contributed by atoms with Gasteiger partial charge in [-0.05, 0) is 18.4 Å². The summed E-state index contributed by atoms with van der Waals surface area (Å²) in [5.74, 6) is -1.63. The number of aliphatic carboxylic acids is 1. The van der Waals surface area contributed by atoms with Crippen LogP contribution in [-0.4, -0.2) is 34.4 Å². The van der Waals surface area contributed by atoms with Crippen molar-refractivity contribution in [3.05, 3.63) is 35.9 Å². The first-order chi connectivity index (χ1) is 10.6. The summed E-state index contributed by atoms with van der Waals surface area (Å²) >= 11 is 0. The van der Waals surface area contributed by atoms with Gasteiger partial charge in [-0.25, -0.2) is 9.59 Å². The molecule has 0 heterocycles. The molecular formula is C16H21NO5. The van der Waals surface area contributed by atoms with Crippen LogP contribution in [0.3, 0.4) is 0 Å². The third-order valence-corrected chi connectivity index (χ3v) is 3.96. The monoisotopic (exact) mass is 307 g/mol. The number of carboxylic acid groups (broad SMARTS) is 1. The van der Waals surface area contributed by atoms with E-state index in [-0.39, 0.29) is 6.61 Å². The first kappa shape index (κ1) is 16.3. The Kier molecular flexibility index (Phi) is 5.77. The summed E-state index contributed by atoms with van der Waals surface area (Å²) in [7, 11) is 0. The zero-order valence-electron chi connectivity index (χ0n) is 12.3. The van der Waals surface area contributed by atoms with Crippen molar-refractivity contribution in [1.29, 1.82) is 0 Å². The highest BCUT2D eigenvalue weighted by molar-refractivity contribution is 5.80. The van der Waals surface area contributed by atoms with Crippen LogP contribution in [0.15, 0.2) is 30.3 Å². The average Bonchev–Trinajstić information content (AvgIpc) is 2.52. The average molecular weight is 307 g/mol. The zero-order valence-corrected chi connectivity index (χ0v) is 12.3. The van der Waals surface area contributed by atoms with Crippen molar-refractivity contribution in [3.8, 4) is 0 Å². The van der Waals surface area contributed by atoms with Gasteiger partial charge in [-0.15, -0.1) is 0 Å². The van der Waals surface area contributed by atoms with Crippen LogP contribution in [0.4, 0.5) is 4.79 Å². The lowest BCUT2D eigenvalue weighted by Gasteiger charge is -2.32. The number of carbonyl (C=O) groups is 2. The summed E-state index contributed by atoms with van der Waals surface area (Å²) in [6.45, 7) is 0.0756. The predicted octanol–water partition coefficient (Wildman–Crippen LogP) is 1.92. The Morgan fingerprint density at radius 3 is 2.55 bits per heavy atom. The normalized spacial score (nSPS) is 22.6. The minimum Gasteiger partial charge on any atom is -0.480 e. The van der Waals surface area contributed by atoms with Gasteiger partial charge in [-0.2, -0.15) is 0 Å². The first-order valence-electron chi connectivity index (χ1n) is 7.46. The molecule has 3 unspecified atom stereocenters. The van der Waals surface area contributed by atoms with E-state index in [0.717, 1.165) is 18.4 Å². The van der Waals surface area contributed by atoms with Gasteiger partial charge >= 0.3 is 12.1 Å². The van der Waals surface area contributed by atoms with Crippen LogP contribution in [-0.2, 0) is 16.1 Å². The van der Waals surface area contributed by atoms with E-state index in [4.69, 9.17) is 4.74 Å². The second kappa shape index (κ2) is 7.79. The molecule has 1 fully saturated rings. The Balaban J connectivity index is 1.90. The number of aliphatic hydroxyl groups is 1. The maximum Gasteiger partial charge on any atom is 0.408 e. The Labute approximate surface area is 129 Å². The van der Waals surface area contributed by atoms with Crippen molar-refractivity contribution in [2.45, 2.75) is 44.4 Å². The summed E-state index contributed by atoms with van der Waals surface area (Å²) in [5, 5.41) is 21.6. The number of hydrogen-bond acceptors (Lipinski definition) is 4.